The largest absolute Gasteiger partial charge is 0.342 e. The number of fused-ring (bicyclic) bond motifs is 1. The minimum atomic E-state index is 0.877. The van der Waals surface area contributed by atoms with E-state index in [0.717, 1.165) is 33.8 Å². The third-order valence-electron chi connectivity index (χ3n) is 3.58. The molecule has 1 heterocycles. The fourth-order valence-corrected chi connectivity index (χ4v) is 2.52. The topological polar surface area (TPSA) is 28.7 Å². The van der Waals surface area contributed by atoms with Crippen LogP contribution in [-0.4, -0.2) is 9.97 Å². The molecule has 2 aliphatic carbocycles. The van der Waals surface area contributed by atoms with E-state index in [4.69, 9.17) is 0 Å². The normalized spacial score (nSPS) is 10.2. The van der Waals surface area contributed by atoms with Crippen molar-refractivity contribution in [2.24, 2.45) is 0 Å². The number of aromatic amines is 1. The van der Waals surface area contributed by atoms with Crippen LogP contribution in [0.4, 0.5) is 0 Å². The lowest BCUT2D eigenvalue weighted by atomic mass is 9.96. The highest BCUT2D eigenvalue weighted by atomic mass is 14.9. The molecular weight excluding hydrogens is 268 g/mol. The van der Waals surface area contributed by atoms with Crippen LogP contribution in [0.5, 0.6) is 0 Å². The van der Waals surface area contributed by atoms with Crippen LogP contribution in [0.15, 0.2) is 73.4 Å². The van der Waals surface area contributed by atoms with Gasteiger partial charge in [0, 0.05) is 17.5 Å². The van der Waals surface area contributed by atoms with E-state index >= 15 is 0 Å². The Balaban J connectivity index is 2.41. The van der Waals surface area contributed by atoms with Gasteiger partial charge in [-0.15, -0.1) is 0 Å². The van der Waals surface area contributed by atoms with Gasteiger partial charge in [0.25, 0.3) is 0 Å². The molecular formula is C20H18N2. The molecule has 0 aromatic carbocycles. The van der Waals surface area contributed by atoms with Crippen LogP contribution in [0.25, 0.3) is 28.6 Å². The van der Waals surface area contributed by atoms with E-state index in [-0.39, 0.29) is 0 Å². The number of hydrogen-bond acceptors (Lipinski definition) is 1. The summed E-state index contributed by atoms with van der Waals surface area (Å²) in [5.41, 5.74) is 5.49. The van der Waals surface area contributed by atoms with Crippen molar-refractivity contribution < 1.29 is 0 Å². The van der Waals surface area contributed by atoms with Crippen LogP contribution in [0.1, 0.15) is 11.3 Å². The summed E-state index contributed by atoms with van der Waals surface area (Å²) in [4.78, 5) is 7.82. The van der Waals surface area contributed by atoms with Gasteiger partial charge in [-0.1, -0.05) is 73.3 Å². The van der Waals surface area contributed by atoms with Crippen LogP contribution in [0, 0.1) is 6.92 Å². The number of imidazole rings is 1. The quantitative estimate of drug-likeness (QED) is 0.684. The van der Waals surface area contributed by atoms with Crippen molar-refractivity contribution >= 4 is 6.08 Å². The van der Waals surface area contributed by atoms with Gasteiger partial charge in [0.15, 0.2) is 0 Å². The summed E-state index contributed by atoms with van der Waals surface area (Å²) < 4.78 is 0. The van der Waals surface area contributed by atoms with E-state index in [1.165, 1.54) is 0 Å². The number of aryl methyl sites for hydroxylation is 1. The van der Waals surface area contributed by atoms with E-state index in [0.29, 0.717) is 0 Å². The van der Waals surface area contributed by atoms with Gasteiger partial charge in [0.2, 0.25) is 0 Å². The van der Waals surface area contributed by atoms with Crippen LogP contribution in [0.3, 0.4) is 0 Å². The summed E-state index contributed by atoms with van der Waals surface area (Å²) in [6.45, 7) is 5.96. The standard InChI is InChI=1S/C20H18N2/c1-3-16-10-6-4-8-12-18-17(16)11-7-5-9-13-19(18)20-21-14-15(2)22-20/h3-14H,1H2,2H3,(H,21,22). The SMILES string of the molecule is C=Cc1cccccc2c(-c3ncc(C)[nH]3)cccccc1-2. The zero-order chi connectivity index (χ0) is 15.4. The second kappa shape index (κ2) is 6.27. The number of rotatable bonds is 2. The summed E-state index contributed by atoms with van der Waals surface area (Å²) in [6, 6.07) is 20.6. The van der Waals surface area contributed by atoms with Crippen molar-refractivity contribution in [1.82, 2.24) is 9.97 Å². The molecule has 2 aliphatic rings. The van der Waals surface area contributed by atoms with Gasteiger partial charge in [-0.05, 0) is 23.6 Å². The van der Waals surface area contributed by atoms with Gasteiger partial charge in [-0.2, -0.15) is 0 Å². The van der Waals surface area contributed by atoms with Crippen LogP contribution >= 0.6 is 0 Å². The second-order valence-electron chi connectivity index (χ2n) is 5.14. The second-order valence-corrected chi connectivity index (χ2v) is 5.14. The van der Waals surface area contributed by atoms with E-state index < -0.39 is 0 Å². The number of nitrogens with one attached hydrogen (secondary N) is 1. The molecule has 1 aromatic heterocycles. The molecule has 108 valence electrons. The Morgan fingerprint density at radius 1 is 0.864 bits per heavy atom. The maximum Gasteiger partial charge on any atom is 0.138 e. The summed E-state index contributed by atoms with van der Waals surface area (Å²) in [5, 5.41) is 0. The maximum atomic E-state index is 4.49. The van der Waals surface area contributed by atoms with E-state index in [1.807, 2.05) is 49.5 Å². The van der Waals surface area contributed by atoms with Gasteiger partial charge >= 0.3 is 0 Å². The Hall–Kier alpha value is -2.87. The molecule has 0 atom stereocenters. The Kier molecular flexibility index (Phi) is 4.01. The number of nitrogens with zero attached hydrogens (tertiary/aromatic N) is 1. The highest BCUT2D eigenvalue weighted by Gasteiger charge is 2.10. The first-order valence-electron chi connectivity index (χ1n) is 7.29. The van der Waals surface area contributed by atoms with Crippen LogP contribution in [-0.2, 0) is 0 Å². The lowest BCUT2D eigenvalue weighted by molar-refractivity contribution is 1.26. The zero-order valence-electron chi connectivity index (χ0n) is 12.6. The zero-order valence-corrected chi connectivity index (χ0v) is 12.6. The van der Waals surface area contributed by atoms with Crippen LogP contribution < -0.4 is 0 Å². The average Bonchev–Trinajstić information content (AvgIpc) is 2.90. The average molecular weight is 286 g/mol. The summed E-state index contributed by atoms with van der Waals surface area (Å²) in [5.74, 6) is 0.877. The fraction of sp³-hybridized carbons (Fsp3) is 0.0500. The first kappa shape index (κ1) is 14.1. The first-order chi connectivity index (χ1) is 10.8. The third kappa shape index (κ3) is 2.77. The van der Waals surface area contributed by atoms with E-state index in [9.17, 15) is 0 Å². The Bertz CT molecular complexity index is 829. The minimum Gasteiger partial charge on any atom is -0.342 e. The van der Waals surface area contributed by atoms with Gasteiger partial charge in [-0.3, -0.25) is 0 Å². The van der Waals surface area contributed by atoms with Crippen molar-refractivity contribution in [3.63, 3.8) is 0 Å². The predicted octanol–water partition coefficient (Wildman–Crippen LogP) is 5.26. The molecule has 2 nitrogen and oxygen atoms in total. The van der Waals surface area contributed by atoms with E-state index in [1.54, 1.807) is 0 Å². The predicted molar refractivity (Wildman–Crippen MR) is 93.1 cm³/mol. The molecule has 0 spiro atoms. The molecule has 0 amide bonds. The van der Waals surface area contributed by atoms with Crippen molar-refractivity contribution in [2.75, 3.05) is 0 Å². The van der Waals surface area contributed by atoms with Gasteiger partial charge in [-0.25, -0.2) is 4.98 Å². The van der Waals surface area contributed by atoms with Gasteiger partial charge in [0.1, 0.15) is 5.82 Å². The number of H-pyrrole nitrogens is 1. The Morgan fingerprint density at radius 2 is 1.50 bits per heavy atom. The number of hydrogen-bond donors (Lipinski definition) is 1. The third-order valence-corrected chi connectivity index (χ3v) is 3.58. The molecule has 0 aliphatic heterocycles. The summed E-state index contributed by atoms with van der Waals surface area (Å²) in [6.07, 6.45) is 3.74. The highest BCUT2D eigenvalue weighted by molar-refractivity contribution is 5.84. The Morgan fingerprint density at radius 3 is 2.14 bits per heavy atom. The molecule has 0 saturated carbocycles. The van der Waals surface area contributed by atoms with Crippen molar-refractivity contribution in [3.8, 4) is 22.5 Å². The first-order valence-corrected chi connectivity index (χ1v) is 7.29. The van der Waals surface area contributed by atoms with Crippen molar-refractivity contribution in [2.45, 2.75) is 6.92 Å². The molecule has 2 heteroatoms. The summed E-state index contributed by atoms with van der Waals surface area (Å²) >= 11 is 0. The minimum absolute atomic E-state index is 0.877. The fourth-order valence-electron chi connectivity index (χ4n) is 2.52. The molecule has 0 bridgehead atoms. The van der Waals surface area contributed by atoms with Crippen molar-refractivity contribution in [1.29, 1.82) is 0 Å². The van der Waals surface area contributed by atoms with Gasteiger partial charge < -0.3 is 4.98 Å². The van der Waals surface area contributed by atoms with Crippen molar-refractivity contribution in [3.05, 3.63) is 84.7 Å². The Labute approximate surface area is 130 Å². The molecule has 22 heavy (non-hydrogen) atoms. The lowest BCUT2D eigenvalue weighted by Crippen LogP contribution is -1.88. The maximum absolute atomic E-state index is 4.49. The molecule has 0 unspecified atom stereocenters. The molecule has 0 radical (unpaired) electrons. The van der Waals surface area contributed by atoms with Gasteiger partial charge in [0.05, 0.1) is 0 Å². The number of aromatic nitrogens is 2. The lowest BCUT2D eigenvalue weighted by Gasteiger charge is -2.09. The molecule has 1 aromatic rings. The molecule has 0 saturated heterocycles. The smallest absolute Gasteiger partial charge is 0.138 e. The monoisotopic (exact) mass is 286 g/mol. The van der Waals surface area contributed by atoms with E-state index in [2.05, 4.69) is 46.9 Å². The molecule has 3 rings (SSSR count). The summed E-state index contributed by atoms with van der Waals surface area (Å²) in [7, 11) is 0. The molecule has 0 fully saturated rings. The molecule has 1 N–H and O–H groups in total. The highest BCUT2D eigenvalue weighted by Crippen LogP contribution is 2.31. The van der Waals surface area contributed by atoms with Crippen LogP contribution in [0.2, 0.25) is 0 Å².